The van der Waals surface area contributed by atoms with E-state index >= 15 is 0 Å². The predicted molar refractivity (Wildman–Crippen MR) is 102 cm³/mol. The van der Waals surface area contributed by atoms with Gasteiger partial charge in [0.05, 0.1) is 33.6 Å². The van der Waals surface area contributed by atoms with Crippen molar-refractivity contribution in [2.75, 3.05) is 34.9 Å². The SMILES string of the molecule is CN=C(NCCc1c(OC)cc(OC)cc1OC)NCc1ccccn1. The van der Waals surface area contributed by atoms with Gasteiger partial charge < -0.3 is 24.8 Å². The van der Waals surface area contributed by atoms with Crippen molar-refractivity contribution in [3.63, 3.8) is 0 Å². The van der Waals surface area contributed by atoms with Crippen LogP contribution in [0.1, 0.15) is 11.3 Å². The molecule has 0 unspecified atom stereocenters. The molecule has 0 aliphatic heterocycles. The number of nitrogens with one attached hydrogen (secondary N) is 2. The summed E-state index contributed by atoms with van der Waals surface area (Å²) < 4.78 is 16.2. The van der Waals surface area contributed by atoms with Crippen LogP contribution in [0.15, 0.2) is 41.5 Å². The van der Waals surface area contributed by atoms with Crippen LogP contribution in [0.5, 0.6) is 17.2 Å². The first kappa shape index (κ1) is 19.4. The van der Waals surface area contributed by atoms with Gasteiger partial charge in [-0.2, -0.15) is 0 Å². The molecule has 2 rings (SSSR count). The third kappa shape index (κ3) is 5.27. The number of aromatic nitrogens is 1. The number of hydrogen-bond acceptors (Lipinski definition) is 5. The van der Waals surface area contributed by atoms with Crippen molar-refractivity contribution >= 4 is 5.96 Å². The maximum atomic E-state index is 5.48. The second-order valence-corrected chi connectivity index (χ2v) is 5.43. The molecular formula is C19H26N4O3. The van der Waals surface area contributed by atoms with E-state index in [1.54, 1.807) is 34.6 Å². The van der Waals surface area contributed by atoms with Gasteiger partial charge in [-0.3, -0.25) is 9.98 Å². The molecule has 26 heavy (non-hydrogen) atoms. The van der Waals surface area contributed by atoms with Gasteiger partial charge in [0.25, 0.3) is 0 Å². The zero-order valence-electron chi connectivity index (χ0n) is 15.7. The molecule has 1 aromatic heterocycles. The lowest BCUT2D eigenvalue weighted by Crippen LogP contribution is -2.38. The first-order valence-electron chi connectivity index (χ1n) is 8.35. The lowest BCUT2D eigenvalue weighted by molar-refractivity contribution is 0.368. The highest BCUT2D eigenvalue weighted by molar-refractivity contribution is 5.79. The van der Waals surface area contributed by atoms with E-state index < -0.39 is 0 Å². The highest BCUT2D eigenvalue weighted by Gasteiger charge is 2.13. The molecule has 0 spiro atoms. The van der Waals surface area contributed by atoms with Crippen molar-refractivity contribution in [3.05, 3.63) is 47.8 Å². The minimum Gasteiger partial charge on any atom is -0.496 e. The van der Waals surface area contributed by atoms with Crippen LogP contribution in [0, 0.1) is 0 Å². The number of methoxy groups -OCH3 is 3. The van der Waals surface area contributed by atoms with Gasteiger partial charge in [0.1, 0.15) is 17.2 Å². The summed E-state index contributed by atoms with van der Waals surface area (Å²) in [6.45, 7) is 1.27. The van der Waals surface area contributed by atoms with Gasteiger partial charge in [0.15, 0.2) is 5.96 Å². The molecule has 0 bridgehead atoms. The molecule has 1 aromatic carbocycles. The molecule has 0 saturated carbocycles. The van der Waals surface area contributed by atoms with Crippen molar-refractivity contribution < 1.29 is 14.2 Å². The number of nitrogens with zero attached hydrogens (tertiary/aromatic N) is 2. The molecule has 140 valence electrons. The van der Waals surface area contributed by atoms with E-state index in [2.05, 4.69) is 20.6 Å². The van der Waals surface area contributed by atoms with Crippen LogP contribution < -0.4 is 24.8 Å². The van der Waals surface area contributed by atoms with E-state index in [1.165, 1.54) is 0 Å². The van der Waals surface area contributed by atoms with E-state index in [1.807, 2.05) is 30.3 Å². The summed E-state index contributed by atoms with van der Waals surface area (Å²) in [5.74, 6) is 2.88. The molecule has 0 amide bonds. The van der Waals surface area contributed by atoms with Crippen LogP contribution in [-0.2, 0) is 13.0 Å². The van der Waals surface area contributed by atoms with Crippen LogP contribution in [-0.4, -0.2) is 45.9 Å². The van der Waals surface area contributed by atoms with E-state index in [0.717, 1.165) is 22.8 Å². The Morgan fingerprint density at radius 3 is 2.31 bits per heavy atom. The Bertz CT molecular complexity index is 695. The highest BCUT2D eigenvalue weighted by Crippen LogP contribution is 2.34. The van der Waals surface area contributed by atoms with Gasteiger partial charge in [0.2, 0.25) is 0 Å². The quantitative estimate of drug-likeness (QED) is 0.555. The van der Waals surface area contributed by atoms with Crippen LogP contribution in [0.25, 0.3) is 0 Å². The topological polar surface area (TPSA) is 77.0 Å². The molecule has 0 atom stereocenters. The van der Waals surface area contributed by atoms with Crippen LogP contribution in [0.4, 0.5) is 0 Å². The van der Waals surface area contributed by atoms with Crippen LogP contribution in [0.2, 0.25) is 0 Å². The normalized spacial score (nSPS) is 11.0. The van der Waals surface area contributed by atoms with Gasteiger partial charge in [-0.15, -0.1) is 0 Å². The fourth-order valence-corrected chi connectivity index (χ4v) is 2.53. The average molecular weight is 358 g/mol. The monoisotopic (exact) mass is 358 g/mol. The number of rotatable bonds is 8. The largest absolute Gasteiger partial charge is 0.496 e. The highest BCUT2D eigenvalue weighted by atomic mass is 16.5. The minimum atomic E-state index is 0.607. The molecule has 0 aliphatic rings. The average Bonchev–Trinajstić information content (AvgIpc) is 2.70. The number of benzene rings is 1. The lowest BCUT2D eigenvalue weighted by Gasteiger charge is -2.16. The first-order valence-corrected chi connectivity index (χ1v) is 8.35. The Labute approximate surface area is 154 Å². The molecule has 7 heteroatoms. The van der Waals surface area contributed by atoms with Gasteiger partial charge in [-0.05, 0) is 18.6 Å². The predicted octanol–water partition coefficient (Wildman–Crippen LogP) is 2.02. The Balaban J connectivity index is 1.95. The summed E-state index contributed by atoms with van der Waals surface area (Å²) in [6.07, 6.45) is 2.48. The zero-order chi connectivity index (χ0) is 18.8. The lowest BCUT2D eigenvalue weighted by atomic mass is 10.1. The number of ether oxygens (including phenoxy) is 3. The molecule has 0 radical (unpaired) electrons. The maximum Gasteiger partial charge on any atom is 0.191 e. The van der Waals surface area contributed by atoms with Gasteiger partial charge in [-0.25, -0.2) is 0 Å². The van der Waals surface area contributed by atoms with Gasteiger partial charge in [0, 0.05) is 37.5 Å². The molecule has 0 fully saturated rings. The molecule has 7 nitrogen and oxygen atoms in total. The molecule has 2 N–H and O–H groups in total. The van der Waals surface area contributed by atoms with Gasteiger partial charge >= 0.3 is 0 Å². The van der Waals surface area contributed by atoms with Crippen molar-refractivity contribution in [1.29, 1.82) is 0 Å². The molecule has 0 aliphatic carbocycles. The van der Waals surface area contributed by atoms with Gasteiger partial charge in [-0.1, -0.05) is 6.07 Å². The van der Waals surface area contributed by atoms with E-state index in [0.29, 0.717) is 31.2 Å². The maximum absolute atomic E-state index is 5.48. The Morgan fingerprint density at radius 2 is 1.77 bits per heavy atom. The minimum absolute atomic E-state index is 0.607. The Hall–Kier alpha value is -2.96. The van der Waals surface area contributed by atoms with Crippen LogP contribution in [0.3, 0.4) is 0 Å². The number of hydrogen-bond donors (Lipinski definition) is 2. The molecule has 1 heterocycles. The number of guanidine groups is 1. The Kier molecular flexibility index (Phi) is 7.54. The summed E-state index contributed by atoms with van der Waals surface area (Å²) >= 11 is 0. The molecular weight excluding hydrogens is 332 g/mol. The number of pyridine rings is 1. The Morgan fingerprint density at radius 1 is 1.04 bits per heavy atom. The summed E-state index contributed by atoms with van der Waals surface area (Å²) in [5.41, 5.74) is 1.93. The second kappa shape index (κ2) is 10.1. The number of aliphatic imine (C=N–C) groups is 1. The molecule has 2 aromatic rings. The zero-order valence-corrected chi connectivity index (χ0v) is 15.7. The van der Waals surface area contributed by atoms with Crippen molar-refractivity contribution in [2.24, 2.45) is 4.99 Å². The summed E-state index contributed by atoms with van der Waals surface area (Å²) in [4.78, 5) is 8.52. The van der Waals surface area contributed by atoms with E-state index in [9.17, 15) is 0 Å². The summed E-state index contributed by atoms with van der Waals surface area (Å²) in [5, 5.41) is 6.53. The summed E-state index contributed by atoms with van der Waals surface area (Å²) in [6, 6.07) is 9.53. The second-order valence-electron chi connectivity index (χ2n) is 5.43. The van der Waals surface area contributed by atoms with Crippen molar-refractivity contribution in [3.8, 4) is 17.2 Å². The smallest absolute Gasteiger partial charge is 0.191 e. The third-order valence-electron chi connectivity index (χ3n) is 3.87. The van der Waals surface area contributed by atoms with Crippen molar-refractivity contribution in [1.82, 2.24) is 15.6 Å². The first-order chi connectivity index (χ1) is 12.7. The third-order valence-corrected chi connectivity index (χ3v) is 3.87. The fraction of sp³-hybridized carbons (Fsp3) is 0.368. The standard InChI is InChI=1S/C19H26N4O3/c1-20-19(23-13-14-7-5-6-9-21-14)22-10-8-16-17(25-3)11-15(24-2)12-18(16)26-4/h5-7,9,11-12H,8,10,13H2,1-4H3,(H2,20,22,23). The summed E-state index contributed by atoms with van der Waals surface area (Å²) in [7, 11) is 6.63. The fourth-order valence-electron chi connectivity index (χ4n) is 2.53. The van der Waals surface area contributed by atoms with Crippen LogP contribution >= 0.6 is 0 Å². The molecule has 0 saturated heterocycles. The van der Waals surface area contributed by atoms with E-state index in [4.69, 9.17) is 14.2 Å². The van der Waals surface area contributed by atoms with Crippen molar-refractivity contribution in [2.45, 2.75) is 13.0 Å². The van der Waals surface area contributed by atoms with E-state index in [-0.39, 0.29) is 0 Å².